The largest absolute Gasteiger partial charge is 0.388 e. The zero-order chi connectivity index (χ0) is 17.9. The molecule has 1 aromatic carbocycles. The number of likely N-dealkylation sites (N-methyl/N-ethyl adjacent to an activating group) is 1. The fourth-order valence-electron chi connectivity index (χ4n) is 3.35. The number of carbonyl (C=O) groups is 1. The molecule has 25 heavy (non-hydrogen) atoms. The number of benzene rings is 1. The van der Waals surface area contributed by atoms with Crippen molar-refractivity contribution >= 4 is 5.91 Å². The Hall–Kier alpha value is -2.32. The number of aromatic nitrogens is 4. The van der Waals surface area contributed by atoms with Gasteiger partial charge >= 0.3 is 0 Å². The summed E-state index contributed by atoms with van der Waals surface area (Å²) in [5.74, 6) is -0.00244. The highest BCUT2D eigenvalue weighted by molar-refractivity contribution is 5.94. The van der Waals surface area contributed by atoms with Crippen molar-refractivity contribution in [3.05, 3.63) is 36.2 Å². The van der Waals surface area contributed by atoms with Crippen LogP contribution >= 0.6 is 0 Å². The number of aliphatic hydroxyl groups is 1. The van der Waals surface area contributed by atoms with E-state index < -0.39 is 5.60 Å². The molecule has 1 unspecified atom stereocenters. The summed E-state index contributed by atoms with van der Waals surface area (Å²) in [5, 5.41) is 21.8. The van der Waals surface area contributed by atoms with Gasteiger partial charge in [0.15, 0.2) is 0 Å². The summed E-state index contributed by atoms with van der Waals surface area (Å²) in [4.78, 5) is 16.6. The van der Waals surface area contributed by atoms with Gasteiger partial charge in [-0.1, -0.05) is 0 Å². The summed E-state index contributed by atoms with van der Waals surface area (Å²) < 4.78 is 1.54. The van der Waals surface area contributed by atoms with E-state index in [1.165, 1.54) is 6.33 Å². The van der Waals surface area contributed by atoms with Gasteiger partial charge in [-0.05, 0) is 68.1 Å². The van der Waals surface area contributed by atoms with Gasteiger partial charge in [-0.3, -0.25) is 4.79 Å². The molecule has 2 heterocycles. The third kappa shape index (κ3) is 4.21. The fraction of sp³-hybridized carbons (Fsp3) is 0.529. The van der Waals surface area contributed by atoms with E-state index in [9.17, 15) is 9.90 Å². The molecule has 0 aliphatic carbocycles. The molecule has 1 N–H and O–H groups in total. The lowest BCUT2D eigenvalue weighted by molar-refractivity contribution is 0.00305. The van der Waals surface area contributed by atoms with Crippen LogP contribution in [0.2, 0.25) is 0 Å². The van der Waals surface area contributed by atoms with Crippen LogP contribution in [0.1, 0.15) is 29.6 Å². The van der Waals surface area contributed by atoms with Crippen molar-refractivity contribution in [1.29, 1.82) is 0 Å². The van der Waals surface area contributed by atoms with Crippen LogP contribution in [0.3, 0.4) is 0 Å². The predicted octanol–water partition coefficient (Wildman–Crippen LogP) is 0.581. The molecule has 0 saturated carbocycles. The minimum absolute atomic E-state index is 0.00244. The molecule has 0 spiro atoms. The molecular formula is C17H24N6O2. The van der Waals surface area contributed by atoms with Crippen LogP contribution in [0.25, 0.3) is 5.69 Å². The second-order valence-electron chi connectivity index (χ2n) is 6.91. The number of carbonyl (C=O) groups excluding carboxylic acids is 1. The number of likely N-dealkylation sites (tertiary alicyclic amines) is 1. The first-order valence-corrected chi connectivity index (χ1v) is 8.47. The van der Waals surface area contributed by atoms with E-state index in [1.54, 1.807) is 16.8 Å². The van der Waals surface area contributed by atoms with E-state index >= 15 is 0 Å². The van der Waals surface area contributed by atoms with Crippen molar-refractivity contribution in [2.45, 2.75) is 24.9 Å². The minimum atomic E-state index is -0.720. The van der Waals surface area contributed by atoms with Gasteiger partial charge in [0.2, 0.25) is 0 Å². The average molecular weight is 344 g/mol. The lowest BCUT2D eigenvalue weighted by Gasteiger charge is -2.30. The van der Waals surface area contributed by atoms with Crippen LogP contribution in [0, 0.1) is 0 Å². The number of hydrogen-bond acceptors (Lipinski definition) is 6. The van der Waals surface area contributed by atoms with Gasteiger partial charge in [-0.15, -0.1) is 5.10 Å². The summed E-state index contributed by atoms with van der Waals surface area (Å²) in [5.41, 5.74) is 0.718. The molecule has 1 aliphatic heterocycles. The average Bonchev–Trinajstić information content (AvgIpc) is 3.05. The molecule has 1 saturated heterocycles. The highest BCUT2D eigenvalue weighted by atomic mass is 16.3. The Morgan fingerprint density at radius 2 is 2.00 bits per heavy atom. The van der Waals surface area contributed by atoms with Gasteiger partial charge in [0.1, 0.15) is 6.33 Å². The van der Waals surface area contributed by atoms with Crippen LogP contribution in [-0.4, -0.2) is 80.4 Å². The topological polar surface area (TPSA) is 87.4 Å². The van der Waals surface area contributed by atoms with Gasteiger partial charge < -0.3 is 14.9 Å². The standard InChI is InChI=1S/C17H24N6O2/c1-21(2)12-17(25)8-3-10-22(11-9-17)16(24)14-4-6-15(7-5-14)23-13-18-19-20-23/h4-7,13,25H,3,8-12H2,1-2H3. The Bertz CT molecular complexity index is 700. The summed E-state index contributed by atoms with van der Waals surface area (Å²) in [7, 11) is 3.91. The molecule has 8 heteroatoms. The summed E-state index contributed by atoms with van der Waals surface area (Å²) in [6, 6.07) is 7.22. The van der Waals surface area contributed by atoms with E-state index in [2.05, 4.69) is 15.5 Å². The fourth-order valence-corrected chi connectivity index (χ4v) is 3.35. The minimum Gasteiger partial charge on any atom is -0.388 e. The molecule has 1 aromatic heterocycles. The van der Waals surface area contributed by atoms with E-state index in [0.717, 1.165) is 12.1 Å². The van der Waals surface area contributed by atoms with Crippen LogP contribution in [0.5, 0.6) is 0 Å². The van der Waals surface area contributed by atoms with Crippen molar-refractivity contribution in [3.63, 3.8) is 0 Å². The summed E-state index contributed by atoms with van der Waals surface area (Å²) in [6.45, 7) is 1.86. The highest BCUT2D eigenvalue weighted by Gasteiger charge is 2.32. The van der Waals surface area contributed by atoms with E-state index in [4.69, 9.17) is 0 Å². The molecule has 134 valence electrons. The maximum absolute atomic E-state index is 12.8. The second kappa shape index (κ2) is 7.28. The Morgan fingerprint density at radius 3 is 2.64 bits per heavy atom. The molecule has 3 rings (SSSR count). The third-order valence-corrected chi connectivity index (χ3v) is 4.54. The number of nitrogens with zero attached hydrogens (tertiary/aromatic N) is 6. The SMILES string of the molecule is CN(C)CC1(O)CCCN(C(=O)c2ccc(-n3cnnn3)cc2)CC1. The van der Waals surface area contributed by atoms with Crippen LogP contribution in [0.4, 0.5) is 0 Å². The van der Waals surface area contributed by atoms with Crippen LogP contribution < -0.4 is 0 Å². The Kier molecular flexibility index (Phi) is 5.10. The highest BCUT2D eigenvalue weighted by Crippen LogP contribution is 2.24. The lowest BCUT2D eigenvalue weighted by Crippen LogP contribution is -2.41. The van der Waals surface area contributed by atoms with E-state index in [-0.39, 0.29) is 5.91 Å². The Balaban J connectivity index is 1.67. The molecule has 1 aliphatic rings. The zero-order valence-corrected chi connectivity index (χ0v) is 14.7. The number of rotatable bonds is 4. The van der Waals surface area contributed by atoms with Gasteiger partial charge in [0.25, 0.3) is 5.91 Å². The molecular weight excluding hydrogens is 320 g/mol. The maximum atomic E-state index is 12.8. The van der Waals surface area contributed by atoms with Crippen LogP contribution in [0.15, 0.2) is 30.6 Å². The molecule has 1 fully saturated rings. The Labute approximate surface area is 147 Å². The molecule has 2 aromatic rings. The number of hydrogen-bond donors (Lipinski definition) is 1. The Morgan fingerprint density at radius 1 is 1.24 bits per heavy atom. The molecule has 1 atom stereocenters. The number of tetrazole rings is 1. The summed E-state index contributed by atoms with van der Waals surface area (Å²) in [6.07, 6.45) is 3.63. The first-order valence-electron chi connectivity index (χ1n) is 8.47. The first kappa shape index (κ1) is 17.5. The van der Waals surface area contributed by atoms with Crippen molar-refractivity contribution in [1.82, 2.24) is 30.0 Å². The van der Waals surface area contributed by atoms with E-state index in [1.807, 2.05) is 36.0 Å². The zero-order valence-electron chi connectivity index (χ0n) is 14.7. The van der Waals surface area contributed by atoms with Gasteiger partial charge in [-0.2, -0.15) is 0 Å². The first-order chi connectivity index (χ1) is 12.0. The maximum Gasteiger partial charge on any atom is 0.253 e. The predicted molar refractivity (Wildman–Crippen MR) is 92.4 cm³/mol. The monoisotopic (exact) mass is 344 g/mol. The van der Waals surface area contributed by atoms with Crippen molar-refractivity contribution < 1.29 is 9.90 Å². The van der Waals surface area contributed by atoms with Crippen molar-refractivity contribution in [2.75, 3.05) is 33.7 Å². The van der Waals surface area contributed by atoms with Crippen molar-refractivity contribution in [2.24, 2.45) is 0 Å². The quantitative estimate of drug-likeness (QED) is 0.873. The smallest absolute Gasteiger partial charge is 0.253 e. The van der Waals surface area contributed by atoms with Gasteiger partial charge in [0.05, 0.1) is 11.3 Å². The normalized spacial score (nSPS) is 21.4. The molecule has 0 bridgehead atoms. The summed E-state index contributed by atoms with van der Waals surface area (Å²) >= 11 is 0. The van der Waals surface area contributed by atoms with Crippen LogP contribution in [-0.2, 0) is 0 Å². The van der Waals surface area contributed by atoms with Gasteiger partial charge in [0, 0.05) is 25.2 Å². The van der Waals surface area contributed by atoms with Gasteiger partial charge in [-0.25, -0.2) is 4.68 Å². The second-order valence-corrected chi connectivity index (χ2v) is 6.91. The molecule has 0 radical (unpaired) electrons. The molecule has 8 nitrogen and oxygen atoms in total. The number of amides is 1. The lowest BCUT2D eigenvalue weighted by atomic mass is 9.94. The molecule has 1 amide bonds. The van der Waals surface area contributed by atoms with E-state index in [0.29, 0.717) is 38.0 Å². The third-order valence-electron chi connectivity index (χ3n) is 4.54. The van der Waals surface area contributed by atoms with Crippen molar-refractivity contribution in [3.8, 4) is 5.69 Å².